The number of furan rings is 1. The molecule has 10 aromatic carbocycles. The topological polar surface area (TPSA) is 19.6 Å². The van der Waals surface area contributed by atoms with Crippen LogP contribution in [0.5, 0.6) is 0 Å². The summed E-state index contributed by atoms with van der Waals surface area (Å²) in [6.45, 7) is 2.28. The first-order chi connectivity index (χ1) is 32.6. The van der Waals surface area contributed by atoms with Crippen molar-refractivity contribution < 1.29 is 4.42 Å². The molecule has 5 aliphatic carbocycles. The van der Waals surface area contributed by atoms with Gasteiger partial charge in [-0.25, -0.2) is 0 Å². The third kappa shape index (κ3) is 4.88. The van der Waals surface area contributed by atoms with Gasteiger partial charge in [-0.3, -0.25) is 0 Å². The molecule has 16 rings (SSSR count). The Kier molecular flexibility index (Phi) is 7.60. The van der Waals surface area contributed by atoms with Gasteiger partial charge in [-0.1, -0.05) is 140 Å². The normalized spacial score (nSPS) is 21.5. The van der Waals surface area contributed by atoms with Crippen LogP contribution in [0.25, 0.3) is 65.4 Å². The average molecular weight is 849 g/mol. The summed E-state index contributed by atoms with van der Waals surface area (Å²) >= 11 is 0. The Morgan fingerprint density at radius 1 is 0.424 bits per heavy atom. The van der Waals surface area contributed by atoms with Crippen molar-refractivity contribution in [2.75, 3.05) is 9.80 Å². The molecular formula is C63H48N2O. The largest absolute Gasteiger partial charge is 0.454 e. The number of nitrogens with zero attached hydrogens (tertiary/aromatic N) is 2. The Balaban J connectivity index is 0.981. The molecule has 5 aliphatic rings. The lowest BCUT2D eigenvalue weighted by atomic mass is 9.43. The molecule has 3 heteroatoms. The second kappa shape index (κ2) is 13.6. The van der Waals surface area contributed by atoms with E-state index in [0.717, 1.165) is 50.8 Å². The van der Waals surface area contributed by atoms with Crippen LogP contribution in [-0.4, -0.2) is 0 Å². The lowest BCUT2D eigenvalue weighted by Crippen LogP contribution is -2.55. The molecule has 316 valence electrons. The maximum Gasteiger partial charge on any atom is 0.159 e. The van der Waals surface area contributed by atoms with Gasteiger partial charge in [0.25, 0.3) is 0 Å². The molecule has 66 heavy (non-hydrogen) atoms. The second-order valence-corrected chi connectivity index (χ2v) is 20.1. The molecule has 1 aromatic heterocycles. The van der Waals surface area contributed by atoms with E-state index in [1.807, 2.05) is 0 Å². The van der Waals surface area contributed by atoms with Crippen LogP contribution in [0.4, 0.5) is 34.1 Å². The Morgan fingerprint density at radius 2 is 1.00 bits per heavy atom. The molecule has 3 nitrogen and oxygen atoms in total. The number of aryl methyl sites for hydroxylation is 1. The van der Waals surface area contributed by atoms with Crippen molar-refractivity contribution in [2.24, 2.45) is 23.7 Å². The van der Waals surface area contributed by atoms with Gasteiger partial charge < -0.3 is 14.2 Å². The molecule has 0 atom stereocenters. The zero-order valence-corrected chi connectivity index (χ0v) is 37.0. The van der Waals surface area contributed by atoms with E-state index in [2.05, 4.69) is 205 Å². The van der Waals surface area contributed by atoms with E-state index in [1.54, 1.807) is 11.1 Å². The molecule has 0 N–H and O–H groups in total. The van der Waals surface area contributed by atoms with Crippen molar-refractivity contribution in [3.63, 3.8) is 0 Å². The van der Waals surface area contributed by atoms with Gasteiger partial charge in [0, 0.05) is 43.9 Å². The van der Waals surface area contributed by atoms with Gasteiger partial charge in [0.1, 0.15) is 5.58 Å². The van der Waals surface area contributed by atoms with Gasteiger partial charge in [0.15, 0.2) is 5.58 Å². The molecule has 1 spiro atoms. The van der Waals surface area contributed by atoms with Gasteiger partial charge >= 0.3 is 0 Å². The van der Waals surface area contributed by atoms with Crippen molar-refractivity contribution in [1.29, 1.82) is 0 Å². The number of anilines is 6. The maximum atomic E-state index is 6.74. The summed E-state index contributed by atoms with van der Waals surface area (Å²) in [5, 5.41) is 9.77. The molecule has 4 bridgehead atoms. The van der Waals surface area contributed by atoms with E-state index >= 15 is 0 Å². The average Bonchev–Trinajstić information content (AvgIpc) is 3.89. The van der Waals surface area contributed by atoms with Crippen molar-refractivity contribution in [3.05, 3.63) is 205 Å². The van der Waals surface area contributed by atoms with E-state index in [9.17, 15) is 0 Å². The standard InChI is InChI=1S/C63H48N2O/c1-38-13-5-9-21-53(38)65(56-22-12-20-52-61(56)48-17-6-8-19-51(48)63(52)43-34-39-33-40(36-43)37-44(63)35-39)55-32-28-42-25-29-49-54(31-27-41-26-30-50(55)60(42)59(41)49)64(45-14-3-2-4-15-45)57-23-11-18-47-46-16-7-10-24-58(46)66-62(47)57/h2-32,39-40,43-44H,33-37H2,1H3. The first-order valence-electron chi connectivity index (χ1n) is 24.2. The number of fused-ring (bicyclic) bond motifs is 6. The monoisotopic (exact) mass is 848 g/mol. The van der Waals surface area contributed by atoms with Crippen molar-refractivity contribution >= 4 is 88.4 Å². The van der Waals surface area contributed by atoms with Gasteiger partial charge in [0.05, 0.1) is 22.7 Å². The van der Waals surface area contributed by atoms with Gasteiger partial charge in [0.2, 0.25) is 0 Å². The van der Waals surface area contributed by atoms with Crippen molar-refractivity contribution in [2.45, 2.75) is 44.4 Å². The minimum absolute atomic E-state index is 0.0865. The summed E-state index contributed by atoms with van der Waals surface area (Å²) in [5.41, 5.74) is 16.1. The highest BCUT2D eigenvalue weighted by atomic mass is 16.3. The van der Waals surface area contributed by atoms with Crippen LogP contribution in [0.2, 0.25) is 0 Å². The summed E-state index contributed by atoms with van der Waals surface area (Å²) < 4.78 is 6.74. The molecule has 1 heterocycles. The molecule has 11 aromatic rings. The Hall–Kier alpha value is -7.36. The van der Waals surface area contributed by atoms with Crippen LogP contribution >= 0.6 is 0 Å². The number of hydrogen-bond donors (Lipinski definition) is 0. The summed E-state index contributed by atoms with van der Waals surface area (Å²) in [5.74, 6) is 3.21. The van der Waals surface area contributed by atoms with Gasteiger partial charge in [-0.15, -0.1) is 0 Å². The molecule has 4 fully saturated rings. The number of benzene rings is 10. The quantitative estimate of drug-likeness (QED) is 0.155. The first-order valence-corrected chi connectivity index (χ1v) is 24.2. The molecule has 0 saturated heterocycles. The molecule has 0 aliphatic heterocycles. The van der Waals surface area contributed by atoms with Crippen LogP contribution in [0.1, 0.15) is 48.8 Å². The van der Waals surface area contributed by atoms with Crippen molar-refractivity contribution in [1.82, 2.24) is 0 Å². The lowest BCUT2D eigenvalue weighted by Gasteiger charge is -2.61. The number of hydrogen-bond acceptors (Lipinski definition) is 3. The van der Waals surface area contributed by atoms with E-state index in [4.69, 9.17) is 4.42 Å². The highest BCUT2D eigenvalue weighted by Crippen LogP contribution is 2.70. The Labute approximate surface area is 384 Å². The summed E-state index contributed by atoms with van der Waals surface area (Å²) in [4.78, 5) is 5.03. The maximum absolute atomic E-state index is 6.74. The molecule has 4 saturated carbocycles. The smallest absolute Gasteiger partial charge is 0.159 e. The zero-order valence-electron chi connectivity index (χ0n) is 37.0. The van der Waals surface area contributed by atoms with E-state index in [-0.39, 0.29) is 5.41 Å². The van der Waals surface area contributed by atoms with Crippen LogP contribution < -0.4 is 9.80 Å². The predicted octanol–water partition coefficient (Wildman–Crippen LogP) is 17.5. The highest BCUT2D eigenvalue weighted by Gasteiger charge is 2.62. The zero-order chi connectivity index (χ0) is 43.3. The van der Waals surface area contributed by atoms with Crippen LogP contribution in [-0.2, 0) is 5.41 Å². The lowest BCUT2D eigenvalue weighted by molar-refractivity contribution is -0.0399. The van der Waals surface area contributed by atoms with E-state index in [0.29, 0.717) is 11.8 Å². The first kappa shape index (κ1) is 36.9. The molecule has 0 unspecified atom stereocenters. The fourth-order valence-electron chi connectivity index (χ4n) is 14.6. The highest BCUT2D eigenvalue weighted by molar-refractivity contribution is 6.28. The third-order valence-electron chi connectivity index (χ3n) is 16.9. The summed E-state index contributed by atoms with van der Waals surface area (Å²) in [6, 6.07) is 70.5. The number of rotatable bonds is 6. The minimum atomic E-state index is 0.0865. The van der Waals surface area contributed by atoms with Crippen LogP contribution in [0, 0.1) is 30.6 Å². The Bertz CT molecular complexity index is 3740. The van der Waals surface area contributed by atoms with E-state index < -0.39 is 0 Å². The van der Waals surface area contributed by atoms with Crippen LogP contribution in [0.3, 0.4) is 0 Å². The van der Waals surface area contributed by atoms with Crippen LogP contribution in [0.15, 0.2) is 192 Å². The third-order valence-corrected chi connectivity index (χ3v) is 16.9. The molecular weight excluding hydrogens is 801 g/mol. The molecule has 0 amide bonds. The van der Waals surface area contributed by atoms with Gasteiger partial charge in [-0.05, 0) is 155 Å². The molecule has 0 radical (unpaired) electrons. The SMILES string of the molecule is Cc1ccccc1N(c1cccc2c1-c1ccccc1C21C2CC3CC(C2)CC1C3)c1ccc2ccc3c(N(c4ccccc4)c4cccc5c4oc4ccccc45)ccc4ccc1c2c43. The fraction of sp³-hybridized carbons (Fsp3) is 0.175. The summed E-state index contributed by atoms with van der Waals surface area (Å²) in [6.07, 6.45) is 6.95. The minimum Gasteiger partial charge on any atom is -0.454 e. The van der Waals surface area contributed by atoms with Crippen molar-refractivity contribution in [3.8, 4) is 11.1 Å². The Morgan fingerprint density at radius 3 is 1.76 bits per heavy atom. The fourth-order valence-corrected chi connectivity index (χ4v) is 14.6. The summed E-state index contributed by atoms with van der Waals surface area (Å²) in [7, 11) is 0. The van der Waals surface area contributed by atoms with E-state index in [1.165, 1.54) is 98.2 Å². The number of para-hydroxylation sites is 4. The second-order valence-electron chi connectivity index (χ2n) is 20.1. The predicted molar refractivity (Wildman–Crippen MR) is 275 cm³/mol. The van der Waals surface area contributed by atoms with Gasteiger partial charge in [-0.2, -0.15) is 0 Å².